The first kappa shape index (κ1) is 17.1. The van der Waals surface area contributed by atoms with E-state index in [9.17, 15) is 18.5 Å². The van der Waals surface area contributed by atoms with Crippen LogP contribution in [0.4, 0.5) is 5.69 Å². The molecule has 2 aromatic carbocycles. The lowest BCUT2D eigenvalue weighted by atomic mass is 9.87. The molecule has 0 fully saturated rings. The van der Waals surface area contributed by atoms with E-state index in [0.717, 1.165) is 9.54 Å². The quantitative estimate of drug-likeness (QED) is 0.527. The lowest BCUT2D eigenvalue weighted by molar-refractivity contribution is -0.384. The molecule has 25 heavy (non-hydrogen) atoms. The van der Waals surface area contributed by atoms with Gasteiger partial charge in [0.05, 0.1) is 20.9 Å². The van der Waals surface area contributed by atoms with E-state index in [2.05, 4.69) is 4.98 Å². The molecule has 0 bridgehead atoms. The van der Waals surface area contributed by atoms with Gasteiger partial charge in [-0.1, -0.05) is 32.9 Å². The van der Waals surface area contributed by atoms with Crippen molar-refractivity contribution in [3.05, 3.63) is 64.5 Å². The minimum Gasteiger partial charge on any atom is -0.258 e. The number of nitro benzene ring substituents is 1. The molecule has 0 amide bonds. The van der Waals surface area contributed by atoms with Crippen LogP contribution in [0.25, 0.3) is 11.0 Å². The highest BCUT2D eigenvalue weighted by Gasteiger charge is 2.22. The number of aromatic nitrogens is 2. The topological polar surface area (TPSA) is 95.1 Å². The van der Waals surface area contributed by atoms with Crippen molar-refractivity contribution in [2.24, 2.45) is 0 Å². The molecule has 0 spiro atoms. The summed E-state index contributed by atoms with van der Waals surface area (Å²) in [7, 11) is -3.83. The smallest absolute Gasteiger partial charge is 0.258 e. The molecule has 0 saturated carbocycles. The summed E-state index contributed by atoms with van der Waals surface area (Å²) >= 11 is 0. The molecule has 1 heterocycles. The zero-order valence-corrected chi connectivity index (χ0v) is 14.8. The van der Waals surface area contributed by atoms with Gasteiger partial charge in [-0.15, -0.1) is 0 Å². The van der Waals surface area contributed by atoms with Gasteiger partial charge in [-0.2, -0.15) is 0 Å². The van der Waals surface area contributed by atoms with E-state index in [4.69, 9.17) is 0 Å². The number of benzene rings is 2. The Labute approximate surface area is 145 Å². The second kappa shape index (κ2) is 5.66. The Morgan fingerprint density at radius 3 is 2.28 bits per heavy atom. The molecule has 7 nitrogen and oxygen atoms in total. The fourth-order valence-electron chi connectivity index (χ4n) is 2.52. The molecule has 0 radical (unpaired) electrons. The number of nitro groups is 1. The predicted molar refractivity (Wildman–Crippen MR) is 94.1 cm³/mol. The van der Waals surface area contributed by atoms with Crippen LogP contribution in [-0.4, -0.2) is 22.3 Å². The molecule has 3 aromatic rings. The average molecular weight is 359 g/mol. The van der Waals surface area contributed by atoms with Gasteiger partial charge in [0.25, 0.3) is 15.7 Å². The fourth-order valence-corrected chi connectivity index (χ4v) is 3.82. The number of hydrogen-bond donors (Lipinski definition) is 0. The molecular weight excluding hydrogens is 342 g/mol. The Morgan fingerprint density at radius 1 is 1.08 bits per heavy atom. The van der Waals surface area contributed by atoms with Gasteiger partial charge < -0.3 is 0 Å². The molecular formula is C17H17N3O4S. The van der Waals surface area contributed by atoms with Crippen LogP contribution in [0.5, 0.6) is 0 Å². The van der Waals surface area contributed by atoms with Crippen LogP contribution in [0.15, 0.2) is 53.7 Å². The standard InChI is InChI=1S/C17H17N3O4S/c1-17(2,3)12-4-7-14(8-5-12)25(23,24)19-11-18-15-10-13(20(21)22)6-9-16(15)19/h4-11H,1-3H3. The van der Waals surface area contributed by atoms with Crippen LogP contribution in [0, 0.1) is 10.1 Å². The monoisotopic (exact) mass is 359 g/mol. The average Bonchev–Trinajstić information content (AvgIpc) is 2.98. The molecule has 3 rings (SSSR count). The molecule has 8 heteroatoms. The van der Waals surface area contributed by atoms with Crippen LogP contribution in [0.2, 0.25) is 0 Å². The third-order valence-corrected chi connectivity index (χ3v) is 5.66. The van der Waals surface area contributed by atoms with Crippen LogP contribution in [-0.2, 0) is 15.4 Å². The highest BCUT2D eigenvalue weighted by Crippen LogP contribution is 2.26. The summed E-state index contributed by atoms with van der Waals surface area (Å²) in [6.07, 6.45) is 1.17. The SMILES string of the molecule is CC(C)(C)c1ccc(S(=O)(=O)n2cnc3cc([N+](=O)[O-])ccc32)cc1. The Bertz CT molecular complexity index is 1060. The van der Waals surface area contributed by atoms with Gasteiger partial charge in [0, 0.05) is 12.1 Å². The van der Waals surface area contributed by atoms with Crippen molar-refractivity contribution in [3.63, 3.8) is 0 Å². The molecule has 0 aliphatic carbocycles. The Kier molecular flexibility index (Phi) is 3.87. The maximum Gasteiger partial charge on any atom is 0.271 e. The Morgan fingerprint density at radius 2 is 1.72 bits per heavy atom. The summed E-state index contributed by atoms with van der Waals surface area (Å²) in [6, 6.07) is 10.6. The van der Waals surface area contributed by atoms with Gasteiger partial charge in [-0.05, 0) is 29.2 Å². The van der Waals surface area contributed by atoms with Gasteiger partial charge >= 0.3 is 0 Å². The first-order valence-corrected chi connectivity index (χ1v) is 9.02. The van der Waals surface area contributed by atoms with E-state index in [-0.39, 0.29) is 21.5 Å². The molecule has 0 aliphatic heterocycles. The number of imidazole rings is 1. The van der Waals surface area contributed by atoms with E-state index in [1.54, 1.807) is 24.3 Å². The molecule has 0 unspecified atom stereocenters. The third-order valence-electron chi connectivity index (χ3n) is 3.99. The summed E-state index contributed by atoms with van der Waals surface area (Å²) < 4.78 is 26.8. The molecule has 0 saturated heterocycles. The number of non-ortho nitro benzene ring substituents is 1. The third kappa shape index (κ3) is 3.00. The van der Waals surface area contributed by atoms with Crippen LogP contribution in [0.3, 0.4) is 0 Å². The number of nitrogens with zero attached hydrogens (tertiary/aromatic N) is 3. The number of rotatable bonds is 3. The molecule has 0 atom stereocenters. The van der Waals surface area contributed by atoms with Crippen LogP contribution >= 0.6 is 0 Å². The van der Waals surface area contributed by atoms with Gasteiger partial charge in [-0.3, -0.25) is 10.1 Å². The van der Waals surface area contributed by atoms with Gasteiger partial charge in [0.15, 0.2) is 0 Å². The van der Waals surface area contributed by atoms with E-state index < -0.39 is 14.9 Å². The Hall–Kier alpha value is -2.74. The van der Waals surface area contributed by atoms with E-state index in [1.165, 1.54) is 24.5 Å². The van der Waals surface area contributed by atoms with Gasteiger partial charge in [-0.25, -0.2) is 17.4 Å². The predicted octanol–water partition coefficient (Wildman–Crippen LogP) is 3.48. The zero-order valence-electron chi connectivity index (χ0n) is 14.0. The maximum atomic E-state index is 12.9. The zero-order chi connectivity index (χ0) is 18.4. The molecule has 0 N–H and O–H groups in total. The van der Waals surface area contributed by atoms with Crippen molar-refractivity contribution < 1.29 is 13.3 Å². The molecule has 1 aromatic heterocycles. The van der Waals surface area contributed by atoms with Crippen LogP contribution in [0.1, 0.15) is 26.3 Å². The first-order valence-electron chi connectivity index (χ1n) is 7.58. The second-order valence-electron chi connectivity index (χ2n) is 6.75. The summed E-state index contributed by atoms with van der Waals surface area (Å²) in [5.41, 5.74) is 1.36. The Balaban J connectivity index is 2.08. The van der Waals surface area contributed by atoms with E-state index in [1.807, 2.05) is 20.8 Å². The van der Waals surface area contributed by atoms with Gasteiger partial charge in [0.2, 0.25) is 0 Å². The number of fused-ring (bicyclic) bond motifs is 1. The van der Waals surface area contributed by atoms with E-state index in [0.29, 0.717) is 5.52 Å². The lowest BCUT2D eigenvalue weighted by Crippen LogP contribution is -2.14. The summed E-state index contributed by atoms with van der Waals surface area (Å²) in [4.78, 5) is 14.4. The molecule has 0 aliphatic rings. The van der Waals surface area contributed by atoms with Gasteiger partial charge in [0.1, 0.15) is 6.33 Å². The summed E-state index contributed by atoms with van der Waals surface area (Å²) in [6.45, 7) is 6.15. The highest BCUT2D eigenvalue weighted by molar-refractivity contribution is 7.90. The minimum atomic E-state index is -3.83. The maximum absolute atomic E-state index is 12.9. The normalized spacial score (nSPS) is 12.4. The van der Waals surface area contributed by atoms with Crippen molar-refractivity contribution in [2.45, 2.75) is 31.1 Å². The van der Waals surface area contributed by atoms with Crippen molar-refractivity contribution in [1.82, 2.24) is 8.96 Å². The minimum absolute atomic E-state index is 0.0804. The lowest BCUT2D eigenvalue weighted by Gasteiger charge is -2.19. The first-order chi connectivity index (χ1) is 11.6. The van der Waals surface area contributed by atoms with Crippen molar-refractivity contribution in [1.29, 1.82) is 0 Å². The van der Waals surface area contributed by atoms with E-state index >= 15 is 0 Å². The second-order valence-corrected chi connectivity index (χ2v) is 8.56. The van der Waals surface area contributed by atoms with Crippen LogP contribution < -0.4 is 0 Å². The highest BCUT2D eigenvalue weighted by atomic mass is 32.2. The fraction of sp³-hybridized carbons (Fsp3) is 0.235. The van der Waals surface area contributed by atoms with Crippen molar-refractivity contribution in [2.75, 3.05) is 0 Å². The number of hydrogen-bond acceptors (Lipinski definition) is 5. The summed E-state index contributed by atoms with van der Waals surface area (Å²) in [5.74, 6) is 0. The van der Waals surface area contributed by atoms with Crippen molar-refractivity contribution >= 4 is 26.7 Å². The largest absolute Gasteiger partial charge is 0.271 e. The summed E-state index contributed by atoms with van der Waals surface area (Å²) in [5, 5.41) is 10.8. The van der Waals surface area contributed by atoms with Crippen molar-refractivity contribution in [3.8, 4) is 0 Å². The molecule has 130 valence electrons.